The van der Waals surface area contributed by atoms with Crippen LogP contribution in [0.15, 0.2) is 29.1 Å². The summed E-state index contributed by atoms with van der Waals surface area (Å²) in [6, 6.07) is 7.79. The number of aryl methyl sites for hydroxylation is 3. The number of carbonyl (C=O) groups is 1. The zero-order valence-electron chi connectivity index (χ0n) is 16.5. The zero-order chi connectivity index (χ0) is 19.9. The topological polar surface area (TPSA) is 61.2 Å². The van der Waals surface area contributed by atoms with Crippen LogP contribution < -0.4 is 5.56 Å². The molecule has 0 saturated heterocycles. The van der Waals surface area contributed by atoms with Gasteiger partial charge in [0.2, 0.25) is 0 Å². The molecule has 0 fully saturated rings. The molecule has 0 unspecified atom stereocenters. The van der Waals surface area contributed by atoms with Crippen molar-refractivity contribution in [2.45, 2.75) is 47.1 Å². The molecule has 0 saturated carbocycles. The van der Waals surface area contributed by atoms with E-state index in [0.717, 1.165) is 21.6 Å². The van der Waals surface area contributed by atoms with Crippen molar-refractivity contribution in [1.29, 1.82) is 0 Å². The van der Waals surface area contributed by atoms with Crippen LogP contribution >= 0.6 is 11.3 Å². The lowest BCUT2D eigenvalue weighted by Gasteiger charge is -2.27. The standard InChI is InChI=1S/C21H24N2O3S/c1-7-26-20(25)21(5,6)23-17(15-10-8-9-12(2)11-15)22-18-16(19(23)24)13(3)14(4)27-18/h8-11H,7H2,1-6H3. The Kier molecular flexibility index (Phi) is 4.95. The Morgan fingerprint density at radius 3 is 2.59 bits per heavy atom. The van der Waals surface area contributed by atoms with Crippen molar-refractivity contribution >= 4 is 27.5 Å². The van der Waals surface area contributed by atoms with Crippen LogP contribution in [0.1, 0.15) is 36.8 Å². The van der Waals surface area contributed by atoms with Gasteiger partial charge < -0.3 is 4.74 Å². The van der Waals surface area contributed by atoms with Gasteiger partial charge in [-0.3, -0.25) is 9.36 Å². The molecular weight excluding hydrogens is 360 g/mol. The van der Waals surface area contributed by atoms with Gasteiger partial charge in [-0.1, -0.05) is 23.8 Å². The fraction of sp³-hybridized carbons (Fsp3) is 0.381. The predicted molar refractivity (Wildman–Crippen MR) is 109 cm³/mol. The summed E-state index contributed by atoms with van der Waals surface area (Å²) in [7, 11) is 0. The molecule has 0 atom stereocenters. The summed E-state index contributed by atoms with van der Waals surface area (Å²) in [4.78, 5) is 32.8. The SMILES string of the molecule is CCOC(=O)C(C)(C)n1c(-c2cccc(C)c2)nc2sc(C)c(C)c2c1=O. The molecule has 142 valence electrons. The van der Waals surface area contributed by atoms with E-state index in [4.69, 9.17) is 9.72 Å². The molecular formula is C21H24N2O3S. The summed E-state index contributed by atoms with van der Waals surface area (Å²) in [5, 5.41) is 0.575. The Morgan fingerprint density at radius 1 is 1.26 bits per heavy atom. The second-order valence-electron chi connectivity index (χ2n) is 7.19. The third kappa shape index (κ3) is 3.18. The van der Waals surface area contributed by atoms with Gasteiger partial charge in [0.1, 0.15) is 16.2 Å². The number of ether oxygens (including phenoxy) is 1. The smallest absolute Gasteiger partial charge is 0.331 e. The van der Waals surface area contributed by atoms with Crippen molar-refractivity contribution in [2.24, 2.45) is 0 Å². The number of rotatable bonds is 4. The average Bonchev–Trinajstić information content (AvgIpc) is 2.89. The third-order valence-electron chi connectivity index (χ3n) is 4.81. The maximum atomic E-state index is 13.5. The third-order valence-corrected chi connectivity index (χ3v) is 5.91. The Balaban J connectivity index is 2.43. The minimum Gasteiger partial charge on any atom is -0.464 e. The van der Waals surface area contributed by atoms with Gasteiger partial charge in [0.15, 0.2) is 0 Å². The molecule has 0 aliphatic carbocycles. The Morgan fingerprint density at radius 2 is 1.96 bits per heavy atom. The van der Waals surface area contributed by atoms with Gasteiger partial charge in [0.25, 0.3) is 5.56 Å². The molecule has 3 aromatic rings. The number of fused-ring (bicyclic) bond motifs is 1. The van der Waals surface area contributed by atoms with Gasteiger partial charge in [-0.15, -0.1) is 11.3 Å². The van der Waals surface area contributed by atoms with Crippen LogP contribution in [0.25, 0.3) is 21.6 Å². The van der Waals surface area contributed by atoms with Gasteiger partial charge in [-0.2, -0.15) is 0 Å². The lowest BCUT2D eigenvalue weighted by molar-refractivity contribution is -0.152. The summed E-state index contributed by atoms with van der Waals surface area (Å²) < 4.78 is 6.74. The van der Waals surface area contributed by atoms with E-state index in [0.29, 0.717) is 16.0 Å². The second-order valence-corrected chi connectivity index (χ2v) is 8.39. The monoisotopic (exact) mass is 384 g/mol. The maximum Gasteiger partial charge on any atom is 0.331 e. The molecule has 0 aliphatic heterocycles. The highest BCUT2D eigenvalue weighted by atomic mass is 32.1. The number of esters is 1. The largest absolute Gasteiger partial charge is 0.464 e. The van der Waals surface area contributed by atoms with Crippen LogP contribution in [0.4, 0.5) is 0 Å². The average molecular weight is 385 g/mol. The van der Waals surface area contributed by atoms with Gasteiger partial charge in [-0.05, 0) is 53.2 Å². The summed E-state index contributed by atoms with van der Waals surface area (Å²) >= 11 is 1.50. The minimum atomic E-state index is -1.18. The molecule has 27 heavy (non-hydrogen) atoms. The summed E-state index contributed by atoms with van der Waals surface area (Å²) in [5.41, 5.74) is 1.37. The minimum absolute atomic E-state index is 0.212. The molecule has 5 nitrogen and oxygen atoms in total. The van der Waals surface area contributed by atoms with Gasteiger partial charge in [-0.25, -0.2) is 9.78 Å². The Labute approximate surface area is 162 Å². The van der Waals surface area contributed by atoms with Crippen molar-refractivity contribution in [3.8, 4) is 11.4 Å². The predicted octanol–water partition coefficient (Wildman–Crippen LogP) is 4.35. The molecule has 0 amide bonds. The number of thiophene rings is 1. The van der Waals surface area contributed by atoms with E-state index < -0.39 is 11.5 Å². The first-order valence-electron chi connectivity index (χ1n) is 8.96. The van der Waals surface area contributed by atoms with E-state index in [2.05, 4.69) is 0 Å². The fourth-order valence-corrected chi connectivity index (χ4v) is 4.21. The number of nitrogens with zero attached hydrogens (tertiary/aromatic N) is 2. The van der Waals surface area contributed by atoms with E-state index in [1.807, 2.05) is 45.0 Å². The van der Waals surface area contributed by atoms with Crippen LogP contribution in [-0.2, 0) is 15.1 Å². The molecule has 0 spiro atoms. The van der Waals surface area contributed by atoms with E-state index >= 15 is 0 Å². The number of hydrogen-bond donors (Lipinski definition) is 0. The molecule has 2 heterocycles. The van der Waals surface area contributed by atoms with E-state index in [1.54, 1.807) is 20.8 Å². The Hall–Kier alpha value is -2.47. The fourth-order valence-electron chi connectivity index (χ4n) is 3.19. The van der Waals surface area contributed by atoms with Gasteiger partial charge >= 0.3 is 5.97 Å². The van der Waals surface area contributed by atoms with Gasteiger partial charge in [0, 0.05) is 10.4 Å². The maximum absolute atomic E-state index is 13.5. The first-order valence-corrected chi connectivity index (χ1v) is 9.77. The second kappa shape index (κ2) is 6.93. The first kappa shape index (κ1) is 19.3. The van der Waals surface area contributed by atoms with Gasteiger partial charge in [0.05, 0.1) is 12.0 Å². The van der Waals surface area contributed by atoms with Crippen LogP contribution in [0.2, 0.25) is 0 Å². The lowest BCUT2D eigenvalue weighted by Crippen LogP contribution is -2.45. The van der Waals surface area contributed by atoms with Crippen molar-refractivity contribution in [3.63, 3.8) is 0 Å². The number of benzene rings is 1. The first-order chi connectivity index (χ1) is 12.7. The lowest BCUT2D eigenvalue weighted by atomic mass is 10.0. The van der Waals surface area contributed by atoms with Crippen LogP contribution in [0.5, 0.6) is 0 Å². The number of carbonyl (C=O) groups excluding carboxylic acids is 1. The highest BCUT2D eigenvalue weighted by Gasteiger charge is 2.36. The normalized spacial score (nSPS) is 11.8. The van der Waals surface area contributed by atoms with Crippen LogP contribution in [0, 0.1) is 20.8 Å². The van der Waals surface area contributed by atoms with E-state index in [9.17, 15) is 9.59 Å². The zero-order valence-corrected chi connectivity index (χ0v) is 17.4. The van der Waals surface area contributed by atoms with Crippen LogP contribution in [0.3, 0.4) is 0 Å². The van der Waals surface area contributed by atoms with Crippen molar-refractivity contribution in [2.75, 3.05) is 6.61 Å². The van der Waals surface area contributed by atoms with Crippen molar-refractivity contribution in [3.05, 3.63) is 50.6 Å². The van der Waals surface area contributed by atoms with Crippen molar-refractivity contribution in [1.82, 2.24) is 9.55 Å². The Bertz CT molecular complexity index is 1090. The number of aromatic nitrogens is 2. The van der Waals surface area contributed by atoms with E-state index in [-0.39, 0.29) is 12.2 Å². The number of hydrogen-bond acceptors (Lipinski definition) is 5. The molecule has 0 aliphatic rings. The highest BCUT2D eigenvalue weighted by molar-refractivity contribution is 7.18. The summed E-state index contributed by atoms with van der Waals surface area (Å²) in [5.74, 6) is 0.0299. The van der Waals surface area contributed by atoms with Crippen LogP contribution in [-0.4, -0.2) is 22.1 Å². The van der Waals surface area contributed by atoms with Crippen molar-refractivity contribution < 1.29 is 9.53 Å². The molecule has 0 N–H and O–H groups in total. The highest BCUT2D eigenvalue weighted by Crippen LogP contribution is 2.31. The molecule has 6 heteroatoms. The summed E-state index contributed by atoms with van der Waals surface area (Å²) in [6.45, 7) is 11.3. The van der Waals surface area contributed by atoms with E-state index in [1.165, 1.54) is 15.9 Å². The molecule has 0 radical (unpaired) electrons. The molecule has 1 aromatic carbocycles. The quantitative estimate of drug-likeness (QED) is 0.628. The molecule has 2 aromatic heterocycles. The molecule has 3 rings (SSSR count). The summed E-state index contributed by atoms with van der Waals surface area (Å²) in [6.07, 6.45) is 0. The molecule has 0 bridgehead atoms.